The van der Waals surface area contributed by atoms with E-state index >= 15 is 0 Å². The Morgan fingerprint density at radius 3 is 2.81 bits per heavy atom. The van der Waals surface area contributed by atoms with Crippen LogP contribution in [0, 0.1) is 0 Å². The van der Waals surface area contributed by atoms with Crippen LogP contribution in [0.15, 0.2) is 59.6 Å². The van der Waals surface area contributed by atoms with Gasteiger partial charge in [-0.15, -0.1) is 0 Å². The molecule has 0 aliphatic heterocycles. The first-order valence-corrected chi connectivity index (χ1v) is 7.55. The number of phenolic OH excluding ortho intramolecular Hbond substituents is 1. The largest absolute Gasteiger partial charge is 0.508 e. The van der Waals surface area contributed by atoms with Crippen LogP contribution in [0.5, 0.6) is 5.75 Å². The van der Waals surface area contributed by atoms with Crippen LogP contribution in [-0.4, -0.2) is 15.1 Å². The fourth-order valence-corrected chi connectivity index (χ4v) is 3.16. The summed E-state index contributed by atoms with van der Waals surface area (Å²) in [5.41, 5.74) is 5.18. The van der Waals surface area contributed by atoms with Crippen LogP contribution in [0.25, 0.3) is 33.3 Å². The van der Waals surface area contributed by atoms with Crippen LogP contribution >= 0.6 is 11.3 Å². The Morgan fingerprint density at radius 1 is 1.05 bits per heavy atom. The van der Waals surface area contributed by atoms with Crippen molar-refractivity contribution in [3.05, 3.63) is 59.6 Å². The summed E-state index contributed by atoms with van der Waals surface area (Å²) in [5.74, 6) is 0.264. The summed E-state index contributed by atoms with van der Waals surface area (Å²) < 4.78 is 0. The van der Waals surface area contributed by atoms with Crippen molar-refractivity contribution < 1.29 is 5.11 Å². The zero-order chi connectivity index (χ0) is 14.2. The average molecular weight is 292 g/mol. The molecule has 0 fully saturated rings. The number of aromatic hydroxyl groups is 1. The highest BCUT2D eigenvalue weighted by Crippen LogP contribution is 2.32. The molecule has 2 N–H and O–H groups in total. The molecular formula is C17H12N2OS. The van der Waals surface area contributed by atoms with E-state index in [-0.39, 0.29) is 5.75 Å². The zero-order valence-corrected chi connectivity index (χ0v) is 11.9. The van der Waals surface area contributed by atoms with E-state index in [0.717, 1.165) is 27.7 Å². The molecule has 0 bridgehead atoms. The SMILES string of the molecule is Oc1cccc(-c2cnc3[nH]cc(-c4ccsc4)c3c2)c1. The number of aromatic nitrogens is 2. The summed E-state index contributed by atoms with van der Waals surface area (Å²) in [7, 11) is 0. The number of rotatable bonds is 2. The fraction of sp³-hybridized carbons (Fsp3) is 0. The maximum atomic E-state index is 9.63. The Balaban J connectivity index is 1.91. The highest BCUT2D eigenvalue weighted by molar-refractivity contribution is 7.08. The minimum Gasteiger partial charge on any atom is -0.508 e. The minimum atomic E-state index is 0.264. The molecule has 0 amide bonds. The summed E-state index contributed by atoms with van der Waals surface area (Å²) >= 11 is 1.68. The molecule has 4 heteroatoms. The third-order valence-electron chi connectivity index (χ3n) is 3.54. The second-order valence-electron chi connectivity index (χ2n) is 4.88. The van der Waals surface area contributed by atoms with Crippen LogP contribution < -0.4 is 0 Å². The molecule has 0 unspecified atom stereocenters. The molecule has 102 valence electrons. The van der Waals surface area contributed by atoms with Crippen molar-refractivity contribution in [2.75, 3.05) is 0 Å². The molecule has 3 heterocycles. The zero-order valence-electron chi connectivity index (χ0n) is 11.1. The van der Waals surface area contributed by atoms with Crippen molar-refractivity contribution in [1.29, 1.82) is 0 Å². The van der Waals surface area contributed by atoms with E-state index in [0.29, 0.717) is 0 Å². The van der Waals surface area contributed by atoms with Gasteiger partial charge in [0.1, 0.15) is 11.4 Å². The molecule has 3 nitrogen and oxygen atoms in total. The predicted octanol–water partition coefficient (Wildman–Crippen LogP) is 4.66. The van der Waals surface area contributed by atoms with Gasteiger partial charge < -0.3 is 10.1 Å². The van der Waals surface area contributed by atoms with E-state index in [4.69, 9.17) is 0 Å². The van der Waals surface area contributed by atoms with Gasteiger partial charge in [0.15, 0.2) is 0 Å². The van der Waals surface area contributed by atoms with Crippen molar-refractivity contribution in [2.45, 2.75) is 0 Å². The van der Waals surface area contributed by atoms with Gasteiger partial charge in [-0.05, 0) is 46.2 Å². The molecule has 0 atom stereocenters. The van der Waals surface area contributed by atoms with Crippen LogP contribution in [0.4, 0.5) is 0 Å². The number of hydrogen-bond donors (Lipinski definition) is 2. The number of nitrogens with zero attached hydrogens (tertiary/aromatic N) is 1. The average Bonchev–Trinajstić information content (AvgIpc) is 3.15. The van der Waals surface area contributed by atoms with Crippen molar-refractivity contribution >= 4 is 22.4 Å². The molecule has 4 rings (SSSR count). The molecule has 3 aromatic heterocycles. The molecule has 21 heavy (non-hydrogen) atoms. The lowest BCUT2D eigenvalue weighted by Crippen LogP contribution is -1.82. The lowest BCUT2D eigenvalue weighted by Gasteiger charge is -2.03. The first-order valence-electron chi connectivity index (χ1n) is 6.60. The molecule has 0 aliphatic carbocycles. The first kappa shape index (κ1) is 12.2. The maximum Gasteiger partial charge on any atom is 0.137 e. The maximum absolute atomic E-state index is 9.63. The number of thiophene rings is 1. The normalized spacial score (nSPS) is 11.0. The lowest BCUT2D eigenvalue weighted by atomic mass is 10.0. The number of hydrogen-bond acceptors (Lipinski definition) is 3. The molecular weight excluding hydrogens is 280 g/mol. The molecule has 0 radical (unpaired) electrons. The van der Waals surface area contributed by atoms with Gasteiger partial charge in [0.05, 0.1) is 0 Å². The van der Waals surface area contributed by atoms with E-state index in [9.17, 15) is 5.11 Å². The Hall–Kier alpha value is -2.59. The molecule has 0 saturated heterocycles. The Morgan fingerprint density at radius 2 is 2.00 bits per heavy atom. The van der Waals surface area contributed by atoms with Crippen LogP contribution in [-0.2, 0) is 0 Å². The Kier molecular flexibility index (Phi) is 2.75. The Bertz CT molecular complexity index is 910. The van der Waals surface area contributed by atoms with Crippen molar-refractivity contribution in [3.63, 3.8) is 0 Å². The van der Waals surface area contributed by atoms with Crippen molar-refractivity contribution in [2.24, 2.45) is 0 Å². The third-order valence-corrected chi connectivity index (χ3v) is 4.23. The molecule has 0 saturated carbocycles. The Labute approximate surface area is 125 Å². The number of phenols is 1. The highest BCUT2D eigenvalue weighted by Gasteiger charge is 2.09. The number of pyridine rings is 1. The lowest BCUT2D eigenvalue weighted by molar-refractivity contribution is 0.475. The number of aromatic amines is 1. The van der Waals surface area contributed by atoms with E-state index in [1.54, 1.807) is 23.5 Å². The van der Waals surface area contributed by atoms with E-state index < -0.39 is 0 Å². The standard InChI is InChI=1S/C17H12N2OS/c20-14-3-1-2-11(6-14)13-7-15-16(12-4-5-21-10-12)9-19-17(15)18-8-13/h1-10,20H,(H,18,19). The number of fused-ring (bicyclic) bond motifs is 1. The van der Waals surface area contributed by atoms with Gasteiger partial charge in [0, 0.05) is 28.9 Å². The highest BCUT2D eigenvalue weighted by atomic mass is 32.1. The smallest absolute Gasteiger partial charge is 0.137 e. The van der Waals surface area contributed by atoms with Gasteiger partial charge in [0.25, 0.3) is 0 Å². The predicted molar refractivity (Wildman–Crippen MR) is 86.5 cm³/mol. The molecule has 1 aromatic carbocycles. The first-order chi connectivity index (χ1) is 10.3. The van der Waals surface area contributed by atoms with Crippen molar-refractivity contribution in [3.8, 4) is 28.0 Å². The van der Waals surface area contributed by atoms with Crippen molar-refractivity contribution in [1.82, 2.24) is 9.97 Å². The summed E-state index contributed by atoms with van der Waals surface area (Å²) in [6.45, 7) is 0. The van der Waals surface area contributed by atoms with Gasteiger partial charge in [-0.1, -0.05) is 12.1 Å². The molecule has 0 spiro atoms. The van der Waals surface area contributed by atoms with Crippen LogP contribution in [0.2, 0.25) is 0 Å². The minimum absolute atomic E-state index is 0.264. The summed E-state index contributed by atoms with van der Waals surface area (Å²) in [4.78, 5) is 7.69. The third kappa shape index (κ3) is 2.10. The van der Waals surface area contributed by atoms with Gasteiger partial charge in [-0.3, -0.25) is 0 Å². The van der Waals surface area contributed by atoms with E-state index in [2.05, 4.69) is 32.9 Å². The molecule has 0 aliphatic rings. The topological polar surface area (TPSA) is 48.9 Å². The van der Waals surface area contributed by atoms with Gasteiger partial charge in [-0.25, -0.2) is 4.98 Å². The van der Waals surface area contributed by atoms with E-state index in [1.165, 1.54) is 5.56 Å². The van der Waals surface area contributed by atoms with Gasteiger partial charge in [-0.2, -0.15) is 11.3 Å². The summed E-state index contributed by atoms with van der Waals surface area (Å²) in [5, 5.41) is 14.9. The van der Waals surface area contributed by atoms with E-state index in [1.807, 2.05) is 24.5 Å². The van der Waals surface area contributed by atoms with Gasteiger partial charge >= 0.3 is 0 Å². The van der Waals surface area contributed by atoms with Crippen LogP contribution in [0.1, 0.15) is 0 Å². The summed E-state index contributed by atoms with van der Waals surface area (Å²) in [6, 6.07) is 11.4. The molecule has 4 aromatic rings. The second kappa shape index (κ2) is 4.75. The fourth-order valence-electron chi connectivity index (χ4n) is 2.50. The monoisotopic (exact) mass is 292 g/mol. The second-order valence-corrected chi connectivity index (χ2v) is 5.66. The number of H-pyrrole nitrogens is 1. The van der Waals surface area contributed by atoms with Gasteiger partial charge in [0.2, 0.25) is 0 Å². The summed E-state index contributed by atoms with van der Waals surface area (Å²) in [6.07, 6.45) is 3.82. The quantitative estimate of drug-likeness (QED) is 0.564. The van der Waals surface area contributed by atoms with Crippen LogP contribution in [0.3, 0.4) is 0 Å². The number of nitrogens with one attached hydrogen (secondary N) is 1. The number of benzene rings is 1.